The van der Waals surface area contributed by atoms with Crippen molar-refractivity contribution in [1.82, 2.24) is 4.98 Å². The Morgan fingerprint density at radius 2 is 1.89 bits per heavy atom. The maximum atomic E-state index is 12.8. The van der Waals surface area contributed by atoms with E-state index in [4.69, 9.17) is 9.15 Å². The molecular formula is C21H21NO6. The Morgan fingerprint density at radius 1 is 1.18 bits per heavy atom. The second-order valence-electron chi connectivity index (χ2n) is 6.88. The quantitative estimate of drug-likeness (QED) is 0.671. The Labute approximate surface area is 160 Å². The third kappa shape index (κ3) is 3.55. The number of fused-ring (bicyclic) bond motifs is 1. The van der Waals surface area contributed by atoms with Gasteiger partial charge in [0.1, 0.15) is 11.5 Å². The van der Waals surface area contributed by atoms with Gasteiger partial charge in [0.05, 0.1) is 24.6 Å². The van der Waals surface area contributed by atoms with Crippen LogP contribution in [-0.2, 0) is 9.53 Å². The van der Waals surface area contributed by atoms with E-state index in [1.807, 2.05) is 26.0 Å². The molecule has 146 valence electrons. The molecule has 1 atom stereocenters. The number of carbonyl (C=O) groups excluding carboxylic acids is 1. The number of aromatic nitrogens is 1. The third-order valence-corrected chi connectivity index (χ3v) is 4.73. The van der Waals surface area contributed by atoms with Crippen molar-refractivity contribution in [3.8, 4) is 5.75 Å². The summed E-state index contributed by atoms with van der Waals surface area (Å²) in [6, 6.07) is 6.77. The maximum Gasteiger partial charge on any atom is 0.343 e. The van der Waals surface area contributed by atoms with Crippen LogP contribution in [-0.4, -0.2) is 23.2 Å². The zero-order valence-electron chi connectivity index (χ0n) is 16.1. The van der Waals surface area contributed by atoms with Gasteiger partial charge in [0.25, 0.3) is 5.56 Å². The molecule has 7 nitrogen and oxygen atoms in total. The summed E-state index contributed by atoms with van der Waals surface area (Å²) >= 11 is 0. The highest BCUT2D eigenvalue weighted by atomic mass is 16.5. The third-order valence-electron chi connectivity index (χ3n) is 4.73. The lowest BCUT2D eigenvalue weighted by Gasteiger charge is -2.17. The molecule has 1 aromatic carbocycles. The standard InChI is InChI=1S/C21H21NO6/c1-10-5-11(2)19-13(6-10)8-15(20(25)22-19)14(9-17(24)27-4)18-16(23)7-12(3)28-21(18)26/h5-8,14,23H,9H2,1-4H3,(H,22,25)/t14-/m1/s1. The zero-order chi connectivity index (χ0) is 20.6. The van der Waals surface area contributed by atoms with Crippen molar-refractivity contribution >= 4 is 16.9 Å². The van der Waals surface area contributed by atoms with Crippen LogP contribution in [0.2, 0.25) is 0 Å². The summed E-state index contributed by atoms with van der Waals surface area (Å²) in [6.45, 7) is 5.34. The Hall–Kier alpha value is -3.35. The molecule has 0 spiro atoms. The predicted octanol–water partition coefficient (Wildman–Crippen LogP) is 2.81. The SMILES string of the molecule is COC(=O)C[C@H](c1cc2cc(C)cc(C)c2[nH]c1=O)c1c(O)cc(C)oc1=O. The van der Waals surface area contributed by atoms with E-state index in [1.165, 1.54) is 20.1 Å². The molecule has 3 rings (SSSR count). The highest BCUT2D eigenvalue weighted by Gasteiger charge is 2.28. The number of aromatic amines is 1. The van der Waals surface area contributed by atoms with Crippen LogP contribution < -0.4 is 11.2 Å². The molecule has 2 heterocycles. The maximum absolute atomic E-state index is 12.8. The molecule has 2 aromatic heterocycles. The number of esters is 1. The first-order valence-electron chi connectivity index (χ1n) is 8.76. The number of methoxy groups -OCH3 is 1. The number of pyridine rings is 1. The largest absolute Gasteiger partial charge is 0.507 e. The predicted molar refractivity (Wildman–Crippen MR) is 104 cm³/mol. The average molecular weight is 383 g/mol. The van der Waals surface area contributed by atoms with Crippen molar-refractivity contribution in [2.45, 2.75) is 33.1 Å². The topological polar surface area (TPSA) is 110 Å². The van der Waals surface area contributed by atoms with Crippen LogP contribution in [0.1, 0.15) is 40.4 Å². The van der Waals surface area contributed by atoms with Gasteiger partial charge in [-0.05, 0) is 43.9 Å². The van der Waals surface area contributed by atoms with Crippen LogP contribution in [0.3, 0.4) is 0 Å². The molecule has 0 unspecified atom stereocenters. The molecule has 0 aliphatic carbocycles. The lowest BCUT2D eigenvalue weighted by atomic mass is 9.88. The summed E-state index contributed by atoms with van der Waals surface area (Å²) in [5.41, 5.74) is 1.36. The molecule has 0 saturated carbocycles. The van der Waals surface area contributed by atoms with Crippen molar-refractivity contribution in [3.63, 3.8) is 0 Å². The molecule has 0 amide bonds. The summed E-state index contributed by atoms with van der Waals surface area (Å²) < 4.78 is 9.82. The summed E-state index contributed by atoms with van der Waals surface area (Å²) in [7, 11) is 1.22. The first-order chi connectivity index (χ1) is 13.2. The number of nitrogens with one attached hydrogen (secondary N) is 1. The molecule has 0 aliphatic rings. The molecule has 3 aromatic rings. The van der Waals surface area contributed by atoms with Crippen molar-refractivity contribution in [2.24, 2.45) is 0 Å². The summed E-state index contributed by atoms with van der Waals surface area (Å²) in [4.78, 5) is 40.1. The van der Waals surface area contributed by atoms with E-state index in [1.54, 1.807) is 6.07 Å². The minimum absolute atomic E-state index is 0.148. The van der Waals surface area contributed by atoms with Crippen LogP contribution in [0.15, 0.2) is 38.3 Å². The molecule has 7 heteroatoms. The van der Waals surface area contributed by atoms with Crippen LogP contribution in [0.5, 0.6) is 5.75 Å². The minimum Gasteiger partial charge on any atom is -0.507 e. The van der Waals surface area contributed by atoms with Crippen LogP contribution in [0.25, 0.3) is 10.9 Å². The van der Waals surface area contributed by atoms with Gasteiger partial charge in [-0.1, -0.05) is 11.6 Å². The van der Waals surface area contributed by atoms with E-state index in [-0.39, 0.29) is 29.1 Å². The lowest BCUT2D eigenvalue weighted by molar-refractivity contribution is -0.140. The Bertz CT molecular complexity index is 1190. The van der Waals surface area contributed by atoms with Gasteiger partial charge in [-0.2, -0.15) is 0 Å². The van der Waals surface area contributed by atoms with Crippen molar-refractivity contribution in [3.05, 3.63) is 73.1 Å². The minimum atomic E-state index is -1.02. The van der Waals surface area contributed by atoms with E-state index >= 15 is 0 Å². The number of ether oxygens (including phenoxy) is 1. The van der Waals surface area contributed by atoms with E-state index in [9.17, 15) is 19.5 Å². The van der Waals surface area contributed by atoms with E-state index in [2.05, 4.69) is 4.98 Å². The fourth-order valence-corrected chi connectivity index (χ4v) is 3.51. The second kappa shape index (κ2) is 7.34. The van der Waals surface area contributed by atoms with Gasteiger partial charge in [0.2, 0.25) is 0 Å². The first kappa shape index (κ1) is 19.4. The highest BCUT2D eigenvalue weighted by Crippen LogP contribution is 2.32. The number of H-pyrrole nitrogens is 1. The molecule has 0 fully saturated rings. The van der Waals surface area contributed by atoms with Crippen molar-refractivity contribution < 1.29 is 19.1 Å². The molecule has 0 radical (unpaired) electrons. The van der Waals surface area contributed by atoms with Crippen molar-refractivity contribution in [1.29, 1.82) is 0 Å². The Kier molecular flexibility index (Phi) is 5.09. The number of aromatic hydroxyl groups is 1. The summed E-state index contributed by atoms with van der Waals surface area (Å²) in [6.07, 6.45) is -0.294. The zero-order valence-corrected chi connectivity index (χ0v) is 16.1. The van der Waals surface area contributed by atoms with Gasteiger partial charge in [-0.3, -0.25) is 9.59 Å². The Balaban J connectivity index is 2.30. The van der Waals surface area contributed by atoms with Gasteiger partial charge in [0, 0.05) is 17.5 Å². The smallest absolute Gasteiger partial charge is 0.343 e. The fraction of sp³-hybridized carbons (Fsp3) is 0.286. The second-order valence-corrected chi connectivity index (χ2v) is 6.88. The van der Waals surface area contributed by atoms with Gasteiger partial charge < -0.3 is 19.2 Å². The monoisotopic (exact) mass is 383 g/mol. The van der Waals surface area contributed by atoms with Crippen LogP contribution >= 0.6 is 0 Å². The highest BCUT2D eigenvalue weighted by molar-refractivity contribution is 5.83. The van der Waals surface area contributed by atoms with E-state index in [0.29, 0.717) is 5.52 Å². The van der Waals surface area contributed by atoms with Crippen molar-refractivity contribution in [2.75, 3.05) is 7.11 Å². The molecule has 28 heavy (non-hydrogen) atoms. The first-order valence-corrected chi connectivity index (χ1v) is 8.76. The van der Waals surface area contributed by atoms with Crippen LogP contribution in [0, 0.1) is 20.8 Å². The average Bonchev–Trinajstić information content (AvgIpc) is 2.60. The molecular weight excluding hydrogens is 362 g/mol. The number of aryl methyl sites for hydroxylation is 3. The lowest BCUT2D eigenvalue weighted by Crippen LogP contribution is -2.24. The van der Waals surface area contributed by atoms with Crippen LogP contribution in [0.4, 0.5) is 0 Å². The number of hydrogen-bond donors (Lipinski definition) is 2. The Morgan fingerprint density at radius 3 is 2.54 bits per heavy atom. The number of hydrogen-bond acceptors (Lipinski definition) is 6. The van der Waals surface area contributed by atoms with Gasteiger partial charge in [-0.25, -0.2) is 4.79 Å². The van der Waals surface area contributed by atoms with E-state index in [0.717, 1.165) is 16.5 Å². The normalized spacial score (nSPS) is 12.1. The molecule has 0 bridgehead atoms. The summed E-state index contributed by atoms with van der Waals surface area (Å²) in [5.74, 6) is -1.74. The fourth-order valence-electron chi connectivity index (χ4n) is 3.51. The van der Waals surface area contributed by atoms with Gasteiger partial charge in [0.15, 0.2) is 0 Å². The van der Waals surface area contributed by atoms with Gasteiger partial charge >= 0.3 is 11.6 Å². The molecule has 2 N–H and O–H groups in total. The summed E-state index contributed by atoms with van der Waals surface area (Å²) in [5, 5.41) is 11.1. The molecule has 0 aliphatic heterocycles. The molecule has 0 saturated heterocycles. The number of carbonyl (C=O) groups is 1. The number of rotatable bonds is 4. The number of benzene rings is 1. The van der Waals surface area contributed by atoms with Gasteiger partial charge in [-0.15, -0.1) is 0 Å². The van der Waals surface area contributed by atoms with E-state index < -0.39 is 23.1 Å².